The fourth-order valence-corrected chi connectivity index (χ4v) is 1.41. The van der Waals surface area contributed by atoms with Crippen LogP contribution in [0.3, 0.4) is 0 Å². The van der Waals surface area contributed by atoms with Crippen molar-refractivity contribution in [1.82, 2.24) is 4.98 Å². The van der Waals surface area contributed by atoms with Gasteiger partial charge in [-0.05, 0) is 37.9 Å². The quantitative estimate of drug-likeness (QED) is 0.776. The van der Waals surface area contributed by atoms with Gasteiger partial charge in [0.05, 0.1) is 9.08 Å². The fraction of sp³-hybridized carbons (Fsp3) is 0.167. The minimum Gasteiger partial charge on any atom is -0.480 e. The molecule has 6 heteroatoms. The Bertz CT molecular complexity index is 291. The molecule has 1 heterocycles. The highest BCUT2D eigenvalue weighted by Crippen LogP contribution is 2.25. The lowest BCUT2D eigenvalue weighted by molar-refractivity contribution is -0.138. The highest BCUT2D eigenvalue weighted by Gasteiger charge is 2.17. The molecule has 1 aromatic heterocycles. The summed E-state index contributed by atoms with van der Waals surface area (Å²) in [5.74, 6) is -1.06. The average Bonchev–Trinajstić information content (AvgIpc) is 2.30. The summed E-state index contributed by atoms with van der Waals surface area (Å²) in [5, 5.41) is 8.56. The third-order valence-electron chi connectivity index (χ3n) is 1.35. The van der Waals surface area contributed by atoms with E-state index in [1.165, 1.54) is 0 Å². The molecule has 1 rings (SSSR count). The summed E-state index contributed by atoms with van der Waals surface area (Å²) in [6.45, 7) is 0. The second-order valence-corrected chi connectivity index (χ2v) is 3.85. The van der Waals surface area contributed by atoms with Gasteiger partial charge in [-0.2, -0.15) is 0 Å². The molecule has 0 unspecified atom stereocenters. The number of halogens is 2. The number of rotatable bonds is 2. The summed E-state index contributed by atoms with van der Waals surface area (Å²) < 4.78 is 1.45. The Balaban J connectivity index is 2.96. The van der Waals surface area contributed by atoms with E-state index in [4.69, 9.17) is 10.8 Å². The Morgan fingerprint density at radius 3 is 2.58 bits per heavy atom. The molecule has 12 heavy (non-hydrogen) atoms. The molecule has 0 aromatic carbocycles. The molecule has 0 amide bonds. The van der Waals surface area contributed by atoms with Crippen LogP contribution in [0.4, 0.5) is 0 Å². The topological polar surface area (TPSA) is 79.1 Å². The van der Waals surface area contributed by atoms with Gasteiger partial charge in [0.1, 0.15) is 6.04 Å². The minimum absolute atomic E-state index is 0.459. The summed E-state index contributed by atoms with van der Waals surface area (Å²) >= 11 is 6.39. The summed E-state index contributed by atoms with van der Waals surface area (Å²) in [6, 6.07) is 0.621. The first-order valence-corrected chi connectivity index (χ1v) is 4.63. The predicted octanol–water partition coefficient (Wildman–Crippen LogP) is 1.62. The molecule has 0 saturated heterocycles. The Hall–Kier alpha value is -0.330. The van der Waals surface area contributed by atoms with Crippen molar-refractivity contribution in [3.05, 3.63) is 20.8 Å². The lowest BCUT2D eigenvalue weighted by Crippen LogP contribution is -2.20. The van der Waals surface area contributed by atoms with E-state index in [0.717, 1.165) is 4.47 Å². The third kappa shape index (κ3) is 1.88. The van der Waals surface area contributed by atoms with E-state index >= 15 is 0 Å². The van der Waals surface area contributed by atoms with E-state index in [9.17, 15) is 4.79 Å². The average molecular weight is 298 g/mol. The summed E-state index contributed by atoms with van der Waals surface area (Å²) in [7, 11) is 0. The lowest BCUT2D eigenvalue weighted by Gasteiger charge is -2.01. The summed E-state index contributed by atoms with van der Waals surface area (Å²) in [6.07, 6.45) is 0. The zero-order valence-electron chi connectivity index (χ0n) is 5.84. The molecule has 1 atom stereocenters. The molecule has 0 aliphatic rings. The Labute approximate surface area is 85.4 Å². The minimum atomic E-state index is -1.06. The van der Waals surface area contributed by atoms with Gasteiger partial charge in [-0.25, -0.2) is 0 Å². The number of hydrogen-bond donors (Lipinski definition) is 3. The highest BCUT2D eigenvalue weighted by atomic mass is 79.9. The third-order valence-corrected chi connectivity index (χ3v) is 3.13. The molecule has 4 nitrogen and oxygen atoms in total. The monoisotopic (exact) mass is 296 g/mol. The van der Waals surface area contributed by atoms with Crippen LogP contribution in [0.15, 0.2) is 15.1 Å². The standard InChI is InChI=1S/C6H6Br2N2O2/c7-2-1-3(10-5(2)8)4(9)6(11)12/h1,4,10H,9H2,(H,11,12)/t4-/m0/s1. The van der Waals surface area contributed by atoms with Gasteiger partial charge in [0, 0.05) is 5.69 Å². The maximum atomic E-state index is 10.4. The van der Waals surface area contributed by atoms with Crippen LogP contribution in [0.1, 0.15) is 11.7 Å². The van der Waals surface area contributed by atoms with Crippen molar-refractivity contribution in [3.63, 3.8) is 0 Å². The molecule has 0 aliphatic carbocycles. The maximum Gasteiger partial charge on any atom is 0.326 e. The van der Waals surface area contributed by atoms with Crippen LogP contribution >= 0.6 is 31.9 Å². The molecule has 1 aromatic rings. The van der Waals surface area contributed by atoms with Gasteiger partial charge in [-0.3, -0.25) is 4.79 Å². The molecular weight excluding hydrogens is 292 g/mol. The largest absolute Gasteiger partial charge is 0.480 e. The normalized spacial score (nSPS) is 12.9. The van der Waals surface area contributed by atoms with Gasteiger partial charge in [-0.1, -0.05) is 0 Å². The van der Waals surface area contributed by atoms with Gasteiger partial charge < -0.3 is 15.8 Å². The lowest BCUT2D eigenvalue weighted by atomic mass is 10.2. The molecule has 0 radical (unpaired) electrons. The number of nitrogens with one attached hydrogen (secondary N) is 1. The Morgan fingerprint density at radius 2 is 2.25 bits per heavy atom. The van der Waals surface area contributed by atoms with Gasteiger partial charge in [0.2, 0.25) is 0 Å². The van der Waals surface area contributed by atoms with E-state index in [1.807, 2.05) is 0 Å². The van der Waals surface area contributed by atoms with E-state index in [2.05, 4.69) is 36.8 Å². The predicted molar refractivity (Wildman–Crippen MR) is 50.8 cm³/mol. The van der Waals surface area contributed by atoms with Crippen molar-refractivity contribution in [2.24, 2.45) is 5.73 Å². The number of carboxylic acids is 1. The van der Waals surface area contributed by atoms with E-state index < -0.39 is 12.0 Å². The first-order chi connectivity index (χ1) is 5.52. The molecule has 0 saturated carbocycles. The SMILES string of the molecule is N[C@H](C(=O)O)c1cc(Br)c(Br)[nH]1. The second-order valence-electron chi connectivity index (χ2n) is 2.20. The number of aromatic amines is 1. The zero-order chi connectivity index (χ0) is 9.30. The molecular formula is C6H6Br2N2O2. The smallest absolute Gasteiger partial charge is 0.326 e. The Morgan fingerprint density at radius 1 is 1.67 bits per heavy atom. The first-order valence-electron chi connectivity index (χ1n) is 3.04. The van der Waals surface area contributed by atoms with Crippen LogP contribution < -0.4 is 5.73 Å². The van der Waals surface area contributed by atoms with Gasteiger partial charge in [0.15, 0.2) is 0 Å². The van der Waals surface area contributed by atoms with Gasteiger partial charge >= 0.3 is 5.97 Å². The number of carbonyl (C=O) groups is 1. The maximum absolute atomic E-state index is 10.4. The van der Waals surface area contributed by atoms with Gasteiger partial charge in [0.25, 0.3) is 0 Å². The van der Waals surface area contributed by atoms with Crippen molar-refractivity contribution in [2.75, 3.05) is 0 Å². The molecule has 0 fully saturated rings. The van der Waals surface area contributed by atoms with Crippen molar-refractivity contribution in [1.29, 1.82) is 0 Å². The zero-order valence-corrected chi connectivity index (χ0v) is 9.02. The van der Waals surface area contributed by atoms with Crippen LogP contribution in [0, 0.1) is 0 Å². The number of hydrogen-bond acceptors (Lipinski definition) is 2. The number of aromatic nitrogens is 1. The first kappa shape index (κ1) is 9.76. The molecule has 0 bridgehead atoms. The number of aliphatic carboxylic acids is 1. The van der Waals surface area contributed by atoms with E-state index in [1.54, 1.807) is 6.07 Å². The van der Waals surface area contributed by atoms with Crippen LogP contribution in [-0.4, -0.2) is 16.1 Å². The second kappa shape index (κ2) is 3.59. The van der Waals surface area contributed by atoms with Crippen LogP contribution in [-0.2, 0) is 4.79 Å². The van der Waals surface area contributed by atoms with Crippen LogP contribution in [0.25, 0.3) is 0 Å². The van der Waals surface area contributed by atoms with Crippen molar-refractivity contribution >= 4 is 37.8 Å². The molecule has 0 aliphatic heterocycles. The van der Waals surface area contributed by atoms with Gasteiger partial charge in [-0.15, -0.1) is 0 Å². The van der Waals surface area contributed by atoms with Crippen LogP contribution in [0.2, 0.25) is 0 Å². The fourth-order valence-electron chi connectivity index (χ4n) is 0.723. The van der Waals surface area contributed by atoms with E-state index in [0.29, 0.717) is 10.3 Å². The number of H-pyrrole nitrogens is 1. The summed E-state index contributed by atoms with van der Waals surface area (Å²) in [5.41, 5.74) is 5.81. The van der Waals surface area contributed by atoms with Crippen LogP contribution in [0.5, 0.6) is 0 Å². The highest BCUT2D eigenvalue weighted by molar-refractivity contribution is 9.13. The summed E-state index contributed by atoms with van der Waals surface area (Å²) in [4.78, 5) is 13.2. The van der Waals surface area contributed by atoms with E-state index in [-0.39, 0.29) is 0 Å². The number of carboxylic acid groups (broad SMARTS) is 1. The Kier molecular flexibility index (Phi) is 2.92. The molecule has 4 N–H and O–H groups in total. The molecule has 0 spiro atoms. The number of nitrogens with two attached hydrogens (primary N) is 1. The van der Waals surface area contributed by atoms with Crippen molar-refractivity contribution in [3.8, 4) is 0 Å². The molecule has 66 valence electrons. The van der Waals surface area contributed by atoms with Crippen molar-refractivity contribution < 1.29 is 9.90 Å². The van der Waals surface area contributed by atoms with Crippen molar-refractivity contribution in [2.45, 2.75) is 6.04 Å².